The zero-order valence-corrected chi connectivity index (χ0v) is 26.7. The van der Waals surface area contributed by atoms with Gasteiger partial charge in [-0.3, -0.25) is 0 Å². The van der Waals surface area contributed by atoms with Crippen molar-refractivity contribution in [3.05, 3.63) is 95.1 Å². The lowest BCUT2D eigenvalue weighted by Gasteiger charge is -2.16. The van der Waals surface area contributed by atoms with Gasteiger partial charge >= 0.3 is 0 Å². The van der Waals surface area contributed by atoms with Gasteiger partial charge in [0.05, 0.1) is 36.5 Å². The molecule has 0 bridgehead atoms. The van der Waals surface area contributed by atoms with Crippen molar-refractivity contribution in [1.82, 2.24) is 0 Å². The maximum absolute atomic E-state index is 10.1. The van der Waals surface area contributed by atoms with Gasteiger partial charge in [0.25, 0.3) is 0 Å². The summed E-state index contributed by atoms with van der Waals surface area (Å²) in [6, 6.07) is 28.1. The maximum Gasteiger partial charge on any atom is 0.127 e. The first-order valence-corrected chi connectivity index (χ1v) is 16.5. The van der Waals surface area contributed by atoms with Crippen molar-refractivity contribution in [3.63, 3.8) is 0 Å². The highest BCUT2D eigenvalue weighted by Crippen LogP contribution is 2.35. The lowest BCUT2D eigenvalue weighted by Crippen LogP contribution is -2.03. The molecule has 0 saturated carbocycles. The minimum atomic E-state index is 0.558. The fraction of sp³-hybridized carbons (Fsp3) is 0.400. The Morgan fingerprint density at radius 3 is 1.27 bits per heavy atom. The van der Waals surface area contributed by atoms with E-state index in [2.05, 4.69) is 26.0 Å². The molecule has 0 N–H and O–H groups in total. The topological polar surface area (TPSA) is 66.0 Å². The van der Waals surface area contributed by atoms with Gasteiger partial charge in [0.1, 0.15) is 11.5 Å². The summed E-state index contributed by atoms with van der Waals surface area (Å²) in [5.74, 6) is 1.37. The third-order valence-corrected chi connectivity index (χ3v) is 7.66. The molecular formula is C40H48N2O2. The van der Waals surface area contributed by atoms with E-state index >= 15 is 0 Å². The second-order valence-electron chi connectivity index (χ2n) is 11.2. The van der Waals surface area contributed by atoms with Crippen molar-refractivity contribution in [2.45, 2.75) is 90.9 Å². The highest BCUT2D eigenvalue weighted by molar-refractivity contribution is 5.93. The molecule has 0 amide bonds. The average molecular weight is 589 g/mol. The van der Waals surface area contributed by atoms with Crippen LogP contribution in [0, 0.1) is 22.7 Å². The highest BCUT2D eigenvalue weighted by atomic mass is 16.5. The van der Waals surface area contributed by atoms with E-state index in [1.807, 2.05) is 84.9 Å². The van der Waals surface area contributed by atoms with E-state index in [0.717, 1.165) is 47.9 Å². The van der Waals surface area contributed by atoms with Gasteiger partial charge in [-0.1, -0.05) is 139 Å². The van der Waals surface area contributed by atoms with Crippen LogP contribution in [0.15, 0.2) is 72.8 Å². The van der Waals surface area contributed by atoms with Gasteiger partial charge in [0.2, 0.25) is 0 Å². The van der Waals surface area contributed by atoms with Crippen LogP contribution >= 0.6 is 0 Å². The number of nitriles is 2. The number of nitrogens with zero attached hydrogens (tertiary/aromatic N) is 2. The Kier molecular flexibility index (Phi) is 16.0. The second kappa shape index (κ2) is 20.6. The number of ether oxygens (including phenoxy) is 2. The smallest absolute Gasteiger partial charge is 0.127 e. The molecule has 0 atom stereocenters. The molecule has 0 radical (unpaired) electrons. The van der Waals surface area contributed by atoms with Crippen molar-refractivity contribution >= 4 is 23.3 Å². The Balaban J connectivity index is 1.99. The van der Waals surface area contributed by atoms with Gasteiger partial charge in [0.15, 0.2) is 0 Å². The standard InChI is InChI=1S/C40H48N2O2/c1-3-5-7-9-11-19-25-43-39-29-36(28-38(32-42)34-23-17-14-18-24-34)40(44-26-20-12-10-8-6-4-2)30-35(39)27-37(31-41)33-21-15-13-16-22-33/h13-18,21-24,27-30H,3-12,19-20,25-26H2,1-2H3/b37-27-,38-28-. The predicted molar refractivity (Wildman–Crippen MR) is 184 cm³/mol. The maximum atomic E-state index is 10.1. The minimum absolute atomic E-state index is 0.558. The molecule has 0 aliphatic carbocycles. The molecule has 0 unspecified atom stereocenters. The Morgan fingerprint density at radius 2 is 0.909 bits per heavy atom. The zero-order valence-electron chi connectivity index (χ0n) is 26.7. The zero-order chi connectivity index (χ0) is 31.2. The van der Waals surface area contributed by atoms with Crippen molar-refractivity contribution in [2.24, 2.45) is 0 Å². The lowest BCUT2D eigenvalue weighted by molar-refractivity contribution is 0.295. The number of rotatable bonds is 20. The largest absolute Gasteiger partial charge is 0.493 e. The summed E-state index contributed by atoms with van der Waals surface area (Å²) >= 11 is 0. The first kappa shape index (κ1) is 34.2. The molecule has 0 saturated heterocycles. The molecule has 0 spiro atoms. The monoisotopic (exact) mass is 588 g/mol. The number of hydrogen-bond donors (Lipinski definition) is 0. The summed E-state index contributed by atoms with van der Waals surface area (Å²) in [6.45, 7) is 5.63. The molecule has 4 heteroatoms. The Hall–Kier alpha value is -4.28. The normalized spacial score (nSPS) is 11.5. The molecule has 3 aromatic carbocycles. The Morgan fingerprint density at radius 1 is 0.545 bits per heavy atom. The molecule has 44 heavy (non-hydrogen) atoms. The molecule has 0 aliphatic heterocycles. The van der Waals surface area contributed by atoms with E-state index in [4.69, 9.17) is 9.47 Å². The molecule has 3 rings (SSSR count). The number of unbranched alkanes of at least 4 members (excludes halogenated alkanes) is 10. The summed E-state index contributed by atoms with van der Waals surface area (Å²) in [5, 5.41) is 20.2. The molecule has 0 aromatic heterocycles. The number of benzene rings is 3. The van der Waals surface area contributed by atoms with Crippen LogP contribution in [0.1, 0.15) is 113 Å². The number of allylic oxidation sites excluding steroid dienone is 2. The summed E-state index contributed by atoms with van der Waals surface area (Å²) in [4.78, 5) is 0. The van der Waals surface area contributed by atoms with E-state index in [-0.39, 0.29) is 0 Å². The van der Waals surface area contributed by atoms with Crippen molar-refractivity contribution in [1.29, 1.82) is 10.5 Å². The predicted octanol–water partition coefficient (Wildman–Crippen LogP) is 11.3. The van der Waals surface area contributed by atoms with Crippen LogP contribution in [-0.2, 0) is 0 Å². The van der Waals surface area contributed by atoms with E-state index in [0.29, 0.717) is 35.9 Å². The van der Waals surface area contributed by atoms with Gasteiger partial charge in [-0.05, 0) is 48.3 Å². The average Bonchev–Trinajstić information content (AvgIpc) is 3.07. The Bertz CT molecular complexity index is 1290. The van der Waals surface area contributed by atoms with Crippen LogP contribution in [0.2, 0.25) is 0 Å². The van der Waals surface area contributed by atoms with E-state index in [1.165, 1.54) is 51.4 Å². The molecule has 0 heterocycles. The summed E-state index contributed by atoms with van der Waals surface area (Å²) in [7, 11) is 0. The van der Waals surface area contributed by atoms with E-state index in [9.17, 15) is 10.5 Å². The van der Waals surface area contributed by atoms with Crippen LogP contribution in [0.4, 0.5) is 0 Å². The van der Waals surface area contributed by atoms with Crippen molar-refractivity contribution in [2.75, 3.05) is 13.2 Å². The van der Waals surface area contributed by atoms with Gasteiger partial charge in [-0.25, -0.2) is 0 Å². The third-order valence-electron chi connectivity index (χ3n) is 7.66. The fourth-order valence-electron chi connectivity index (χ4n) is 5.10. The van der Waals surface area contributed by atoms with E-state index in [1.54, 1.807) is 0 Å². The first-order chi connectivity index (χ1) is 21.7. The lowest BCUT2D eigenvalue weighted by atomic mass is 9.99. The van der Waals surface area contributed by atoms with Gasteiger partial charge in [0, 0.05) is 11.1 Å². The second-order valence-corrected chi connectivity index (χ2v) is 11.2. The van der Waals surface area contributed by atoms with E-state index < -0.39 is 0 Å². The van der Waals surface area contributed by atoms with Gasteiger partial charge in [-0.2, -0.15) is 10.5 Å². The summed E-state index contributed by atoms with van der Waals surface area (Å²) in [6.07, 6.45) is 17.9. The first-order valence-electron chi connectivity index (χ1n) is 16.5. The van der Waals surface area contributed by atoms with Crippen LogP contribution in [0.5, 0.6) is 11.5 Å². The van der Waals surface area contributed by atoms with Crippen LogP contribution in [0.25, 0.3) is 23.3 Å². The van der Waals surface area contributed by atoms with Gasteiger partial charge in [-0.15, -0.1) is 0 Å². The Labute approximate surface area is 265 Å². The number of hydrogen-bond acceptors (Lipinski definition) is 4. The van der Waals surface area contributed by atoms with Crippen molar-refractivity contribution in [3.8, 4) is 23.6 Å². The van der Waals surface area contributed by atoms with Crippen LogP contribution in [0.3, 0.4) is 0 Å². The molecule has 0 fully saturated rings. The molecule has 4 nitrogen and oxygen atoms in total. The molecule has 0 aliphatic rings. The quantitative estimate of drug-likeness (QED) is 0.0748. The third kappa shape index (κ3) is 11.8. The summed E-state index contributed by atoms with van der Waals surface area (Å²) in [5.41, 5.74) is 4.41. The van der Waals surface area contributed by atoms with Gasteiger partial charge < -0.3 is 9.47 Å². The summed E-state index contributed by atoms with van der Waals surface area (Å²) < 4.78 is 12.8. The SMILES string of the molecule is CCCCCCCCOc1cc(/C=C(/C#N)c2ccccc2)c(OCCCCCCCC)cc1/C=C(/C#N)c1ccccc1. The van der Waals surface area contributed by atoms with Crippen LogP contribution < -0.4 is 9.47 Å². The molecule has 230 valence electrons. The van der Waals surface area contributed by atoms with Crippen molar-refractivity contribution < 1.29 is 9.47 Å². The minimum Gasteiger partial charge on any atom is -0.493 e. The molecule has 3 aromatic rings. The van der Waals surface area contributed by atoms with Crippen LogP contribution in [-0.4, -0.2) is 13.2 Å². The highest BCUT2D eigenvalue weighted by Gasteiger charge is 2.14. The fourth-order valence-corrected chi connectivity index (χ4v) is 5.10. The molecular weight excluding hydrogens is 540 g/mol.